The molecule has 0 fully saturated rings. The van der Waals surface area contributed by atoms with Crippen molar-refractivity contribution < 1.29 is 34.6 Å². The number of methoxy groups -OCH3 is 1. The molecule has 0 unspecified atom stereocenters. The second-order valence-corrected chi connectivity index (χ2v) is 3.95. The van der Waals surface area contributed by atoms with Crippen LogP contribution < -0.4 is 0 Å². The molecule has 0 amide bonds. The lowest BCUT2D eigenvalue weighted by atomic mass is 10.4. The van der Waals surface area contributed by atoms with Crippen LogP contribution in [0.3, 0.4) is 0 Å². The van der Waals surface area contributed by atoms with Gasteiger partial charge in [0.25, 0.3) is 0 Å². The average molecular weight is 313 g/mol. The minimum absolute atomic E-state index is 0.0675. The van der Waals surface area contributed by atoms with Crippen LogP contribution in [-0.2, 0) is 14.2 Å². The van der Waals surface area contributed by atoms with Crippen molar-refractivity contribution >= 4 is 0 Å². The van der Waals surface area contributed by atoms with Crippen LogP contribution >= 0.6 is 0 Å². The van der Waals surface area contributed by atoms with Crippen molar-refractivity contribution in [1.29, 1.82) is 0 Å². The Kier molecular flexibility index (Phi) is 24.0. The molecule has 0 aliphatic rings. The maximum atomic E-state index is 8.48. The number of nitrogens with zero attached hydrogens (tertiary/aromatic N) is 1. The first-order valence-electron chi connectivity index (χ1n) is 7.07. The second-order valence-electron chi connectivity index (χ2n) is 3.95. The highest BCUT2D eigenvalue weighted by Gasteiger charge is 2.00. The maximum Gasteiger partial charge on any atom is 0.0701 e. The molecule has 0 heterocycles. The van der Waals surface area contributed by atoms with Gasteiger partial charge in [-0.05, 0) is 0 Å². The summed E-state index contributed by atoms with van der Waals surface area (Å²) in [6.45, 7) is 4.50. The highest BCUT2D eigenvalue weighted by molar-refractivity contribution is 4.54. The maximum absolute atomic E-state index is 8.48. The molecule has 0 saturated carbocycles. The van der Waals surface area contributed by atoms with Gasteiger partial charge in [0.15, 0.2) is 0 Å². The van der Waals surface area contributed by atoms with E-state index in [0.29, 0.717) is 52.7 Å². The lowest BCUT2D eigenvalue weighted by Gasteiger charge is -2.17. The van der Waals surface area contributed by atoms with Crippen molar-refractivity contribution in [2.24, 2.45) is 0 Å². The summed E-state index contributed by atoms with van der Waals surface area (Å²) < 4.78 is 14.8. The zero-order chi connectivity index (χ0) is 16.2. The summed E-state index contributed by atoms with van der Waals surface area (Å²) in [5.74, 6) is 0. The van der Waals surface area contributed by atoms with Gasteiger partial charge in [0.2, 0.25) is 0 Å². The van der Waals surface area contributed by atoms with E-state index in [0.717, 1.165) is 0 Å². The summed E-state index contributed by atoms with van der Waals surface area (Å²) in [5.41, 5.74) is 0. The van der Waals surface area contributed by atoms with Gasteiger partial charge in [-0.2, -0.15) is 0 Å². The van der Waals surface area contributed by atoms with Gasteiger partial charge in [0.1, 0.15) is 0 Å². The highest BCUT2D eigenvalue weighted by atomic mass is 16.5. The topological polar surface area (TPSA) is 112 Å². The molecule has 0 rings (SSSR count). The molecule has 0 spiro atoms. The summed E-state index contributed by atoms with van der Waals surface area (Å²) in [7, 11) is 1.63. The first-order valence-corrected chi connectivity index (χ1v) is 7.07. The summed E-state index contributed by atoms with van der Waals surface area (Å²) in [6.07, 6.45) is 0. The molecule has 0 aromatic rings. The smallest absolute Gasteiger partial charge is 0.0701 e. The van der Waals surface area contributed by atoms with E-state index in [4.69, 9.17) is 34.6 Å². The minimum atomic E-state index is 0.0675. The second kappa shape index (κ2) is 22.0. The van der Waals surface area contributed by atoms with E-state index in [1.807, 2.05) is 0 Å². The lowest BCUT2D eigenvalue weighted by Crippen LogP contribution is -2.32. The standard InChI is InChI=1S/C7H16O4.C6H15NO3/c1-9-4-5-11-7-6-10-3-2-8;8-4-1-7(2-5-9)3-6-10/h8H,2-7H2,1H3;8-10H,1-6H2. The fourth-order valence-electron chi connectivity index (χ4n) is 1.29. The van der Waals surface area contributed by atoms with Crippen LogP contribution in [0.2, 0.25) is 0 Å². The monoisotopic (exact) mass is 313 g/mol. The van der Waals surface area contributed by atoms with Gasteiger partial charge < -0.3 is 34.6 Å². The number of rotatable bonds is 14. The molecule has 0 radical (unpaired) electrons. The van der Waals surface area contributed by atoms with Crippen LogP contribution in [0.25, 0.3) is 0 Å². The van der Waals surface area contributed by atoms with E-state index in [2.05, 4.69) is 0 Å². The number of ether oxygens (including phenoxy) is 3. The van der Waals surface area contributed by atoms with Crippen LogP contribution in [0.4, 0.5) is 0 Å². The van der Waals surface area contributed by atoms with Gasteiger partial charge in [-0.25, -0.2) is 0 Å². The van der Waals surface area contributed by atoms with Crippen LogP contribution in [-0.4, -0.2) is 112 Å². The molecule has 0 saturated heterocycles. The third kappa shape index (κ3) is 22.1. The molecule has 0 bridgehead atoms. The predicted molar refractivity (Wildman–Crippen MR) is 78.3 cm³/mol. The molecule has 8 heteroatoms. The Morgan fingerprint density at radius 1 is 0.619 bits per heavy atom. The third-order valence-electron chi connectivity index (χ3n) is 2.29. The third-order valence-corrected chi connectivity index (χ3v) is 2.29. The molecule has 130 valence electrons. The first-order chi connectivity index (χ1) is 10.3. The fourth-order valence-corrected chi connectivity index (χ4v) is 1.29. The highest BCUT2D eigenvalue weighted by Crippen LogP contribution is 1.84. The molecular weight excluding hydrogens is 282 g/mol. The van der Waals surface area contributed by atoms with Crippen molar-refractivity contribution in [1.82, 2.24) is 4.90 Å². The van der Waals surface area contributed by atoms with Gasteiger partial charge in [-0.15, -0.1) is 0 Å². The zero-order valence-electron chi connectivity index (χ0n) is 12.9. The Morgan fingerprint density at radius 3 is 1.43 bits per heavy atom. The molecule has 0 atom stereocenters. The minimum Gasteiger partial charge on any atom is -0.395 e. The number of hydrogen-bond donors (Lipinski definition) is 4. The van der Waals surface area contributed by atoms with Crippen LogP contribution in [0, 0.1) is 0 Å². The van der Waals surface area contributed by atoms with Gasteiger partial charge in [0, 0.05) is 26.7 Å². The van der Waals surface area contributed by atoms with Gasteiger partial charge >= 0.3 is 0 Å². The molecule has 8 nitrogen and oxygen atoms in total. The molecule has 0 aliphatic heterocycles. The Morgan fingerprint density at radius 2 is 1.05 bits per heavy atom. The van der Waals surface area contributed by atoms with Gasteiger partial charge in [-0.3, -0.25) is 4.90 Å². The number of hydrogen-bond acceptors (Lipinski definition) is 8. The molecular formula is C13H31NO7. The Balaban J connectivity index is 0. The van der Waals surface area contributed by atoms with E-state index in [-0.39, 0.29) is 26.4 Å². The summed E-state index contributed by atoms with van der Waals surface area (Å²) in [4.78, 5) is 1.79. The van der Waals surface area contributed by atoms with Crippen LogP contribution in [0.1, 0.15) is 0 Å². The number of aliphatic hydroxyl groups is 4. The van der Waals surface area contributed by atoms with Gasteiger partial charge in [0.05, 0.1) is 59.5 Å². The average Bonchev–Trinajstić information content (AvgIpc) is 2.48. The first kappa shape index (κ1) is 23.0. The fraction of sp³-hybridized carbons (Fsp3) is 1.00. The van der Waals surface area contributed by atoms with Crippen molar-refractivity contribution in [3.05, 3.63) is 0 Å². The zero-order valence-corrected chi connectivity index (χ0v) is 12.9. The van der Waals surface area contributed by atoms with E-state index in [9.17, 15) is 0 Å². The number of aliphatic hydroxyl groups excluding tert-OH is 4. The van der Waals surface area contributed by atoms with Crippen molar-refractivity contribution in [3.8, 4) is 0 Å². The van der Waals surface area contributed by atoms with E-state index in [1.165, 1.54) is 0 Å². The van der Waals surface area contributed by atoms with E-state index in [1.54, 1.807) is 12.0 Å². The van der Waals surface area contributed by atoms with Gasteiger partial charge in [-0.1, -0.05) is 0 Å². The summed E-state index contributed by atoms with van der Waals surface area (Å²) in [6, 6.07) is 0. The molecule has 0 aromatic carbocycles. The summed E-state index contributed by atoms with van der Waals surface area (Å²) >= 11 is 0. The van der Waals surface area contributed by atoms with Crippen molar-refractivity contribution in [2.75, 3.05) is 86.2 Å². The normalized spacial score (nSPS) is 10.6. The molecule has 21 heavy (non-hydrogen) atoms. The molecule has 0 aromatic heterocycles. The molecule has 4 N–H and O–H groups in total. The largest absolute Gasteiger partial charge is 0.395 e. The van der Waals surface area contributed by atoms with Crippen molar-refractivity contribution in [2.45, 2.75) is 0 Å². The summed E-state index contributed by atoms with van der Waals surface area (Å²) in [5, 5.41) is 33.8. The van der Waals surface area contributed by atoms with E-state index >= 15 is 0 Å². The lowest BCUT2D eigenvalue weighted by molar-refractivity contribution is 0.0159. The Hall–Kier alpha value is -0.320. The van der Waals surface area contributed by atoms with Crippen molar-refractivity contribution in [3.63, 3.8) is 0 Å². The predicted octanol–water partition coefficient (Wildman–Crippen LogP) is -2.08. The van der Waals surface area contributed by atoms with Crippen LogP contribution in [0.5, 0.6) is 0 Å². The van der Waals surface area contributed by atoms with E-state index < -0.39 is 0 Å². The Labute approximate surface area is 126 Å². The van der Waals surface area contributed by atoms with Crippen LogP contribution in [0.15, 0.2) is 0 Å². The molecule has 0 aliphatic carbocycles. The Bertz CT molecular complexity index is 152. The quantitative estimate of drug-likeness (QED) is 0.271. The SMILES string of the molecule is COCCOCCOCCO.OCCN(CCO)CCO.